The number of carbonyl (C=O) groups excluding carboxylic acids is 1. The number of fused-ring (bicyclic) bond motifs is 2. The van der Waals surface area contributed by atoms with E-state index in [1.54, 1.807) is 29.2 Å². The Labute approximate surface area is 149 Å². The molecule has 1 aromatic heterocycles. The Hall–Kier alpha value is -2.18. The Kier molecular flexibility index (Phi) is 3.70. The van der Waals surface area contributed by atoms with Gasteiger partial charge in [-0.1, -0.05) is 11.6 Å². The topological polar surface area (TPSA) is 79.7 Å². The van der Waals surface area contributed by atoms with E-state index in [2.05, 4.69) is 4.98 Å². The molecule has 2 aliphatic heterocycles. The van der Waals surface area contributed by atoms with Crippen LogP contribution in [-0.2, 0) is 9.53 Å². The predicted molar refractivity (Wildman–Crippen MR) is 91.8 cm³/mol. The number of rotatable bonds is 2. The summed E-state index contributed by atoms with van der Waals surface area (Å²) in [5.74, 6) is -1.26. The van der Waals surface area contributed by atoms with Crippen LogP contribution in [0, 0.1) is 18.3 Å². The molecule has 130 valence electrons. The summed E-state index contributed by atoms with van der Waals surface area (Å²) in [6.07, 6.45) is 0. The van der Waals surface area contributed by atoms with Crippen molar-refractivity contribution in [3.8, 4) is 0 Å². The highest BCUT2D eigenvalue weighted by molar-refractivity contribution is 6.31. The van der Waals surface area contributed by atoms with E-state index < -0.39 is 11.4 Å². The maximum absolute atomic E-state index is 13.1. The van der Waals surface area contributed by atoms with Gasteiger partial charge in [-0.15, -0.1) is 0 Å². The zero-order chi connectivity index (χ0) is 17.8. The molecular formula is C18H17ClN2O4. The van der Waals surface area contributed by atoms with E-state index in [0.717, 1.165) is 5.69 Å². The summed E-state index contributed by atoms with van der Waals surface area (Å²) < 4.78 is 5.37. The first-order valence-corrected chi connectivity index (χ1v) is 8.46. The molecule has 6 nitrogen and oxygen atoms in total. The minimum Gasteiger partial charge on any atom is -0.481 e. The van der Waals surface area contributed by atoms with E-state index in [-0.39, 0.29) is 25.0 Å². The number of hydrogen-bond acceptors (Lipinski definition) is 4. The minimum atomic E-state index is -0.995. The first-order valence-electron chi connectivity index (χ1n) is 8.08. The third-order valence-corrected chi connectivity index (χ3v) is 5.45. The van der Waals surface area contributed by atoms with E-state index in [1.165, 1.54) is 0 Å². The Morgan fingerprint density at radius 2 is 2.20 bits per heavy atom. The van der Waals surface area contributed by atoms with Gasteiger partial charge in [-0.3, -0.25) is 14.6 Å². The van der Waals surface area contributed by atoms with Gasteiger partial charge in [0, 0.05) is 35.1 Å². The molecule has 0 spiro atoms. The van der Waals surface area contributed by atoms with Gasteiger partial charge in [0.25, 0.3) is 5.91 Å². The summed E-state index contributed by atoms with van der Waals surface area (Å²) in [5.41, 5.74) is 0.939. The van der Waals surface area contributed by atoms with Gasteiger partial charge in [0.2, 0.25) is 0 Å². The molecule has 4 rings (SSSR count). The van der Waals surface area contributed by atoms with Crippen LogP contribution in [-0.4, -0.2) is 53.2 Å². The molecular weight excluding hydrogens is 344 g/mol. The highest BCUT2D eigenvalue weighted by Crippen LogP contribution is 2.42. The summed E-state index contributed by atoms with van der Waals surface area (Å²) in [7, 11) is 0. The van der Waals surface area contributed by atoms with Crippen LogP contribution < -0.4 is 0 Å². The van der Waals surface area contributed by atoms with Gasteiger partial charge in [-0.25, -0.2) is 0 Å². The zero-order valence-corrected chi connectivity index (χ0v) is 14.4. The molecule has 0 unspecified atom stereocenters. The number of benzene rings is 1. The van der Waals surface area contributed by atoms with Gasteiger partial charge in [0.15, 0.2) is 0 Å². The Bertz CT molecular complexity index is 900. The lowest BCUT2D eigenvalue weighted by atomic mass is 9.81. The summed E-state index contributed by atoms with van der Waals surface area (Å²) >= 11 is 6.09. The van der Waals surface area contributed by atoms with Crippen LogP contribution in [0.15, 0.2) is 24.3 Å². The van der Waals surface area contributed by atoms with Gasteiger partial charge >= 0.3 is 5.97 Å². The standard InChI is InChI=1S/C18H17ClN2O4/c1-10-4-14(13-5-12(19)2-3-15(13)20-10)16(22)21-6-11-7-25-9-18(11,8-21)17(23)24/h2-5,11H,6-9H2,1H3,(H,23,24)/t11-,18-/m1/s1. The fraction of sp³-hybridized carbons (Fsp3) is 0.389. The van der Waals surface area contributed by atoms with Crippen LogP contribution >= 0.6 is 11.6 Å². The molecule has 2 fully saturated rings. The molecule has 0 bridgehead atoms. The summed E-state index contributed by atoms with van der Waals surface area (Å²) in [5, 5.41) is 10.9. The number of aromatic nitrogens is 1. The Morgan fingerprint density at radius 1 is 1.40 bits per heavy atom. The Morgan fingerprint density at radius 3 is 2.92 bits per heavy atom. The van der Waals surface area contributed by atoms with Crippen LogP contribution in [0.1, 0.15) is 16.1 Å². The number of hydrogen-bond donors (Lipinski definition) is 1. The van der Waals surface area contributed by atoms with Crippen molar-refractivity contribution < 1.29 is 19.4 Å². The van der Waals surface area contributed by atoms with Crippen LogP contribution in [0.3, 0.4) is 0 Å². The molecule has 25 heavy (non-hydrogen) atoms. The Balaban J connectivity index is 1.74. The number of carbonyl (C=O) groups is 2. The van der Waals surface area contributed by atoms with E-state index in [1.807, 2.05) is 6.92 Å². The quantitative estimate of drug-likeness (QED) is 0.889. The van der Waals surface area contributed by atoms with Gasteiger partial charge in [-0.05, 0) is 31.2 Å². The average molecular weight is 361 g/mol. The smallest absolute Gasteiger partial charge is 0.314 e. The first kappa shape index (κ1) is 16.3. The maximum atomic E-state index is 13.1. The van der Waals surface area contributed by atoms with Crippen LogP contribution in [0.25, 0.3) is 10.9 Å². The van der Waals surface area contributed by atoms with E-state index in [0.29, 0.717) is 34.6 Å². The van der Waals surface area contributed by atoms with Gasteiger partial charge in [-0.2, -0.15) is 0 Å². The molecule has 3 heterocycles. The van der Waals surface area contributed by atoms with Crippen molar-refractivity contribution in [2.24, 2.45) is 11.3 Å². The lowest BCUT2D eigenvalue weighted by molar-refractivity contribution is -0.149. The van der Waals surface area contributed by atoms with Crippen molar-refractivity contribution in [3.05, 3.63) is 40.5 Å². The number of likely N-dealkylation sites (tertiary alicyclic amines) is 1. The number of aliphatic carboxylic acids is 1. The fourth-order valence-electron chi connectivity index (χ4n) is 3.87. The van der Waals surface area contributed by atoms with Crippen molar-refractivity contribution >= 4 is 34.4 Å². The number of pyridine rings is 1. The lowest BCUT2D eigenvalue weighted by Crippen LogP contribution is -2.40. The molecule has 1 N–H and O–H groups in total. The van der Waals surface area contributed by atoms with Gasteiger partial charge < -0.3 is 14.7 Å². The number of amides is 1. The van der Waals surface area contributed by atoms with Crippen LogP contribution in [0.2, 0.25) is 5.02 Å². The molecule has 7 heteroatoms. The van der Waals surface area contributed by atoms with Crippen molar-refractivity contribution in [2.45, 2.75) is 6.92 Å². The third kappa shape index (κ3) is 2.48. The van der Waals surface area contributed by atoms with E-state index in [9.17, 15) is 14.7 Å². The van der Waals surface area contributed by atoms with Gasteiger partial charge in [0.1, 0.15) is 5.41 Å². The molecule has 0 radical (unpaired) electrons. The summed E-state index contributed by atoms with van der Waals surface area (Å²) in [4.78, 5) is 31.0. The molecule has 0 aliphatic carbocycles. The van der Waals surface area contributed by atoms with E-state index >= 15 is 0 Å². The maximum Gasteiger partial charge on any atom is 0.314 e. The third-order valence-electron chi connectivity index (χ3n) is 5.22. The van der Waals surface area contributed by atoms with Crippen molar-refractivity contribution in [1.82, 2.24) is 9.88 Å². The number of halogens is 1. The monoisotopic (exact) mass is 360 g/mol. The highest BCUT2D eigenvalue weighted by atomic mass is 35.5. The summed E-state index contributed by atoms with van der Waals surface area (Å²) in [6.45, 7) is 2.90. The number of carboxylic acid groups (broad SMARTS) is 1. The predicted octanol–water partition coefficient (Wildman–Crippen LogP) is 2.37. The molecule has 2 saturated heterocycles. The summed E-state index contributed by atoms with van der Waals surface area (Å²) in [6, 6.07) is 6.98. The highest BCUT2D eigenvalue weighted by Gasteiger charge is 2.57. The molecule has 1 amide bonds. The molecule has 2 atom stereocenters. The van der Waals surface area contributed by atoms with Crippen LogP contribution in [0.4, 0.5) is 0 Å². The average Bonchev–Trinajstić information content (AvgIpc) is 3.12. The van der Waals surface area contributed by atoms with Crippen molar-refractivity contribution in [3.63, 3.8) is 0 Å². The van der Waals surface area contributed by atoms with Crippen LogP contribution in [0.5, 0.6) is 0 Å². The zero-order valence-electron chi connectivity index (χ0n) is 13.7. The van der Waals surface area contributed by atoms with Crippen molar-refractivity contribution in [1.29, 1.82) is 0 Å². The minimum absolute atomic E-state index is 0.152. The molecule has 0 saturated carbocycles. The number of nitrogens with zero attached hydrogens (tertiary/aromatic N) is 2. The van der Waals surface area contributed by atoms with Gasteiger partial charge in [0.05, 0.1) is 24.3 Å². The van der Waals surface area contributed by atoms with Crippen molar-refractivity contribution in [2.75, 3.05) is 26.3 Å². The number of carboxylic acids is 1. The first-order chi connectivity index (χ1) is 11.9. The SMILES string of the molecule is Cc1cc(C(=O)N2C[C@@H]3COC[C@]3(C(=O)O)C2)c2cc(Cl)ccc2n1. The second-order valence-corrected chi connectivity index (χ2v) is 7.27. The normalized spacial score (nSPS) is 25.4. The number of aryl methyl sites for hydroxylation is 1. The second kappa shape index (κ2) is 5.68. The van der Waals surface area contributed by atoms with E-state index in [4.69, 9.17) is 16.3 Å². The molecule has 1 aromatic carbocycles. The molecule has 2 aromatic rings. The number of ether oxygens (including phenoxy) is 1. The largest absolute Gasteiger partial charge is 0.481 e. The second-order valence-electron chi connectivity index (χ2n) is 6.83. The molecule has 2 aliphatic rings. The fourth-order valence-corrected chi connectivity index (χ4v) is 4.04. The lowest BCUT2D eigenvalue weighted by Gasteiger charge is -2.22.